The number of allylic oxidation sites excluding steroid dienone is 1. The van der Waals surface area contributed by atoms with Crippen LogP contribution in [-0.2, 0) is 5.41 Å². The number of para-hydroxylation sites is 2. The normalized spacial score (nSPS) is 13.6. The molecular weight excluding hydrogens is 480 g/mol. The third-order valence-corrected chi connectivity index (χ3v) is 8.94. The number of pyridine rings is 1. The molecule has 0 unspecified atom stereocenters. The summed E-state index contributed by atoms with van der Waals surface area (Å²) < 4.78 is 2.40. The number of benzene rings is 2. The Bertz CT molecular complexity index is 1670. The summed E-state index contributed by atoms with van der Waals surface area (Å²) in [4.78, 5) is 12.7. The third kappa shape index (κ3) is 3.43. The fourth-order valence-electron chi connectivity index (χ4n) is 4.91. The first kappa shape index (κ1) is 22.2. The van der Waals surface area contributed by atoms with Gasteiger partial charge in [-0.15, -0.1) is 22.7 Å². The zero-order valence-electron chi connectivity index (χ0n) is 19.7. The first-order valence-corrected chi connectivity index (χ1v) is 13.1. The zero-order valence-corrected chi connectivity index (χ0v) is 21.3. The summed E-state index contributed by atoms with van der Waals surface area (Å²) in [6, 6.07) is 27.1. The van der Waals surface area contributed by atoms with Crippen molar-refractivity contribution in [1.29, 1.82) is 5.26 Å². The molecule has 0 fully saturated rings. The molecule has 0 amide bonds. The van der Waals surface area contributed by atoms with E-state index in [1.807, 2.05) is 24.4 Å². The lowest BCUT2D eigenvalue weighted by Crippen LogP contribution is -2.17. The lowest BCUT2D eigenvalue weighted by atomic mass is 9.83. The molecule has 0 saturated heterocycles. The van der Waals surface area contributed by atoms with Gasteiger partial charge in [0.05, 0.1) is 39.8 Å². The number of rotatable bonds is 4. The monoisotopic (exact) mass is 500 g/mol. The van der Waals surface area contributed by atoms with Crippen molar-refractivity contribution in [1.82, 2.24) is 4.98 Å². The fourth-order valence-corrected chi connectivity index (χ4v) is 7.82. The van der Waals surface area contributed by atoms with Crippen LogP contribution in [0.3, 0.4) is 0 Å². The van der Waals surface area contributed by atoms with Crippen LogP contribution < -0.4 is 4.90 Å². The topological polar surface area (TPSA) is 44.3 Å². The molecule has 0 spiro atoms. The van der Waals surface area contributed by atoms with Crippen molar-refractivity contribution in [3.63, 3.8) is 0 Å². The molecule has 0 atom stereocenters. The zero-order chi connectivity index (χ0) is 24.9. The van der Waals surface area contributed by atoms with E-state index in [0.29, 0.717) is 0 Å². The van der Waals surface area contributed by atoms with Crippen LogP contribution in [0.15, 0.2) is 84.7 Å². The van der Waals surface area contributed by atoms with Crippen molar-refractivity contribution in [2.75, 3.05) is 4.90 Å². The van der Waals surface area contributed by atoms with Gasteiger partial charge in [-0.05, 0) is 48.0 Å². The number of thiophene rings is 2. The lowest BCUT2D eigenvalue weighted by Gasteiger charge is -2.27. The molecule has 172 valence electrons. The maximum absolute atomic E-state index is 9.17. The van der Waals surface area contributed by atoms with Gasteiger partial charge in [0.25, 0.3) is 5.70 Å². The highest BCUT2D eigenvalue weighted by molar-refractivity contribution is 7.30. The minimum absolute atomic E-state index is 0.108. The summed E-state index contributed by atoms with van der Waals surface area (Å²) in [6.07, 6.45) is 3.65. The summed E-state index contributed by atoms with van der Waals surface area (Å²) in [6.45, 7) is 11.7. The van der Waals surface area contributed by atoms with E-state index in [2.05, 4.69) is 84.3 Å². The Hall–Kier alpha value is -4.23. The second kappa shape index (κ2) is 8.46. The predicted molar refractivity (Wildman–Crippen MR) is 150 cm³/mol. The van der Waals surface area contributed by atoms with Crippen molar-refractivity contribution >= 4 is 55.2 Å². The average molecular weight is 501 g/mol. The highest BCUT2D eigenvalue weighted by atomic mass is 32.1. The van der Waals surface area contributed by atoms with E-state index in [9.17, 15) is 0 Å². The van der Waals surface area contributed by atoms with E-state index in [0.717, 1.165) is 27.6 Å². The van der Waals surface area contributed by atoms with Gasteiger partial charge < -0.3 is 4.90 Å². The van der Waals surface area contributed by atoms with E-state index < -0.39 is 0 Å². The number of hydrogen-bond acceptors (Lipinski definition) is 5. The maximum atomic E-state index is 9.17. The van der Waals surface area contributed by atoms with Crippen molar-refractivity contribution in [2.45, 2.75) is 19.3 Å². The maximum Gasteiger partial charge on any atom is 0.263 e. The van der Waals surface area contributed by atoms with E-state index in [1.54, 1.807) is 28.7 Å². The van der Waals surface area contributed by atoms with Gasteiger partial charge in [0.15, 0.2) is 0 Å². The summed E-state index contributed by atoms with van der Waals surface area (Å²) in [7, 11) is 0. The van der Waals surface area contributed by atoms with Crippen LogP contribution >= 0.6 is 22.7 Å². The molecule has 0 saturated carbocycles. The van der Waals surface area contributed by atoms with Gasteiger partial charge in [0.1, 0.15) is 0 Å². The average Bonchev–Trinajstić information content (AvgIpc) is 3.52. The van der Waals surface area contributed by atoms with Crippen molar-refractivity contribution in [3.05, 3.63) is 112 Å². The lowest BCUT2D eigenvalue weighted by molar-refractivity contribution is 0.666. The van der Waals surface area contributed by atoms with Crippen LogP contribution in [0.4, 0.5) is 17.1 Å². The molecular formula is C30H20N4S2. The van der Waals surface area contributed by atoms with Gasteiger partial charge in [-0.25, -0.2) is 10.1 Å². The molecule has 6 rings (SSSR count). The van der Waals surface area contributed by atoms with E-state index in [4.69, 9.17) is 16.8 Å². The van der Waals surface area contributed by atoms with Gasteiger partial charge in [0.2, 0.25) is 0 Å². The standard InChI is InChI=1S/C30H20N4S2/c1-30(2)24-15-22(34(20-10-6-4-7-11-20)21-12-8-5-9-13-21)18-33-27(24)29-26(30)28-25(36-29)16-23(35-28)14-19(17-31)32-3/h4-16,18H,1-2H3/b19-14-. The quantitative estimate of drug-likeness (QED) is 0.183. The Kier molecular flexibility index (Phi) is 5.23. The summed E-state index contributed by atoms with van der Waals surface area (Å²) in [5.41, 5.74) is 6.62. The SMILES string of the molecule is [C-]#[N+]/C(C#N)=C\c1cc2sc3c(c2s1)C(C)(C)c1cc(N(c2ccccc2)c2ccccc2)cnc1-3. The summed E-state index contributed by atoms with van der Waals surface area (Å²) >= 11 is 3.39. The minimum Gasteiger partial charge on any atom is -0.309 e. The third-order valence-electron chi connectivity index (χ3n) is 6.57. The molecule has 0 bridgehead atoms. The molecule has 0 aliphatic heterocycles. The Balaban J connectivity index is 1.49. The summed E-state index contributed by atoms with van der Waals surface area (Å²) in [5.74, 6) is 0. The van der Waals surface area contributed by atoms with Crippen LogP contribution in [0.1, 0.15) is 29.9 Å². The van der Waals surface area contributed by atoms with Gasteiger partial charge in [-0.3, -0.25) is 4.98 Å². The Labute approximate surface area is 217 Å². The molecule has 36 heavy (non-hydrogen) atoms. The second-order valence-corrected chi connectivity index (χ2v) is 11.3. The highest BCUT2D eigenvalue weighted by Crippen LogP contribution is 2.57. The van der Waals surface area contributed by atoms with Gasteiger partial charge >= 0.3 is 0 Å². The number of anilines is 3. The van der Waals surface area contributed by atoms with Crippen molar-refractivity contribution in [2.24, 2.45) is 0 Å². The molecule has 0 N–H and O–H groups in total. The predicted octanol–water partition coefficient (Wildman–Crippen LogP) is 8.92. The minimum atomic E-state index is -0.228. The van der Waals surface area contributed by atoms with Crippen molar-refractivity contribution < 1.29 is 0 Å². The van der Waals surface area contributed by atoms with Crippen LogP contribution in [0.2, 0.25) is 0 Å². The van der Waals surface area contributed by atoms with Gasteiger partial charge in [-0.1, -0.05) is 50.2 Å². The Morgan fingerprint density at radius 1 is 1.00 bits per heavy atom. The van der Waals surface area contributed by atoms with Gasteiger partial charge in [-0.2, -0.15) is 0 Å². The van der Waals surface area contributed by atoms with E-state index >= 15 is 0 Å². The van der Waals surface area contributed by atoms with E-state index in [-0.39, 0.29) is 11.1 Å². The number of hydrogen-bond donors (Lipinski definition) is 0. The van der Waals surface area contributed by atoms with Crippen LogP contribution in [-0.4, -0.2) is 4.98 Å². The molecule has 2 aromatic carbocycles. The first-order valence-electron chi connectivity index (χ1n) is 11.5. The number of nitrogens with zero attached hydrogens (tertiary/aromatic N) is 4. The first-order chi connectivity index (χ1) is 17.5. The fraction of sp³-hybridized carbons (Fsp3) is 0.100. The Morgan fingerprint density at radius 2 is 1.67 bits per heavy atom. The van der Waals surface area contributed by atoms with Crippen molar-refractivity contribution in [3.8, 4) is 16.6 Å². The molecule has 4 nitrogen and oxygen atoms in total. The largest absolute Gasteiger partial charge is 0.309 e. The number of nitriles is 1. The van der Waals surface area contributed by atoms with Crippen LogP contribution in [0.5, 0.6) is 0 Å². The number of aromatic nitrogens is 1. The smallest absolute Gasteiger partial charge is 0.263 e. The molecule has 3 aromatic heterocycles. The molecule has 3 heterocycles. The highest BCUT2D eigenvalue weighted by Gasteiger charge is 2.41. The Morgan fingerprint density at radius 3 is 2.28 bits per heavy atom. The number of fused-ring (bicyclic) bond motifs is 5. The van der Waals surface area contributed by atoms with Crippen LogP contribution in [0.25, 0.3) is 30.9 Å². The second-order valence-electron chi connectivity index (χ2n) is 9.12. The molecule has 0 radical (unpaired) electrons. The molecule has 1 aliphatic rings. The molecule has 5 aromatic rings. The molecule has 6 heteroatoms. The van der Waals surface area contributed by atoms with Crippen LogP contribution in [0, 0.1) is 17.9 Å². The summed E-state index contributed by atoms with van der Waals surface area (Å²) in [5, 5.41) is 9.17. The van der Waals surface area contributed by atoms with E-state index in [1.165, 1.54) is 25.4 Å². The molecule has 1 aliphatic carbocycles. The van der Waals surface area contributed by atoms with Gasteiger partial charge in [0, 0.05) is 31.9 Å².